The molecule has 1 fully saturated rings. The standard InChI is InChI=1S/C25H23N5O4/c1-25(23(33)29-24(34)30-25)16-27-22(32)20(15-26)28-21(31)19-13-11-18(12-14-19)10-6-5-9-17-7-3-2-4-8-17/h2-4,7-8,11-14,20H,15-16,26H2,1H3,(H,27,32)(H,28,31)(H2,29,30,33,34)/t20-,25?/m0/s1. The van der Waals surface area contributed by atoms with Crippen molar-refractivity contribution in [1.29, 1.82) is 0 Å². The third-order valence-electron chi connectivity index (χ3n) is 4.99. The van der Waals surface area contributed by atoms with Crippen LogP contribution in [-0.2, 0) is 9.59 Å². The summed E-state index contributed by atoms with van der Waals surface area (Å²) >= 11 is 0. The van der Waals surface area contributed by atoms with Gasteiger partial charge in [0, 0.05) is 29.8 Å². The summed E-state index contributed by atoms with van der Waals surface area (Å²) in [7, 11) is 0. The second-order valence-corrected chi connectivity index (χ2v) is 7.66. The lowest BCUT2D eigenvalue weighted by Crippen LogP contribution is -2.57. The molecule has 0 spiro atoms. The maximum atomic E-state index is 12.5. The Hall–Kier alpha value is -4.60. The highest BCUT2D eigenvalue weighted by Gasteiger charge is 2.42. The van der Waals surface area contributed by atoms with Crippen LogP contribution in [0.5, 0.6) is 0 Å². The van der Waals surface area contributed by atoms with Crippen LogP contribution < -0.4 is 27.0 Å². The van der Waals surface area contributed by atoms with Gasteiger partial charge in [0.05, 0.1) is 0 Å². The summed E-state index contributed by atoms with van der Waals surface area (Å²) in [5.41, 5.74) is 6.23. The van der Waals surface area contributed by atoms with E-state index < -0.39 is 35.3 Å². The molecule has 1 saturated heterocycles. The molecule has 0 saturated carbocycles. The van der Waals surface area contributed by atoms with E-state index in [1.54, 1.807) is 24.3 Å². The molecule has 1 unspecified atom stereocenters. The van der Waals surface area contributed by atoms with Gasteiger partial charge in [-0.2, -0.15) is 0 Å². The molecule has 2 atom stereocenters. The van der Waals surface area contributed by atoms with Gasteiger partial charge in [-0.3, -0.25) is 19.7 Å². The third kappa shape index (κ3) is 6.22. The van der Waals surface area contributed by atoms with E-state index in [0.29, 0.717) is 11.1 Å². The number of carbonyl (C=O) groups is 4. The molecular formula is C25H23N5O4. The summed E-state index contributed by atoms with van der Waals surface area (Å²) in [5, 5.41) is 9.63. The minimum Gasteiger partial charge on any atom is -0.351 e. The molecule has 5 amide bonds. The summed E-state index contributed by atoms with van der Waals surface area (Å²) in [5.74, 6) is 9.76. The molecule has 1 aliphatic rings. The van der Waals surface area contributed by atoms with Crippen LogP contribution in [-0.4, -0.2) is 48.4 Å². The quantitative estimate of drug-likeness (QED) is 0.303. The number of urea groups is 1. The maximum absolute atomic E-state index is 12.5. The van der Waals surface area contributed by atoms with Gasteiger partial charge in [0.25, 0.3) is 11.8 Å². The van der Waals surface area contributed by atoms with E-state index in [-0.39, 0.29) is 13.1 Å². The largest absolute Gasteiger partial charge is 0.351 e. The van der Waals surface area contributed by atoms with Crippen molar-refractivity contribution in [3.8, 4) is 23.7 Å². The van der Waals surface area contributed by atoms with Gasteiger partial charge >= 0.3 is 6.03 Å². The smallest absolute Gasteiger partial charge is 0.322 e. The average molecular weight is 457 g/mol. The van der Waals surface area contributed by atoms with E-state index in [2.05, 4.69) is 44.9 Å². The van der Waals surface area contributed by atoms with E-state index in [1.807, 2.05) is 30.3 Å². The van der Waals surface area contributed by atoms with Crippen molar-refractivity contribution in [2.75, 3.05) is 13.1 Å². The third-order valence-corrected chi connectivity index (χ3v) is 4.99. The van der Waals surface area contributed by atoms with Crippen LogP contribution >= 0.6 is 0 Å². The number of imide groups is 1. The van der Waals surface area contributed by atoms with Gasteiger partial charge in [0.15, 0.2) is 0 Å². The summed E-state index contributed by atoms with van der Waals surface area (Å²) in [6.07, 6.45) is 0. The Bertz CT molecular complexity index is 1220. The Morgan fingerprint density at radius 1 is 1.00 bits per heavy atom. The fourth-order valence-corrected chi connectivity index (χ4v) is 3.00. The molecule has 2 aromatic rings. The van der Waals surface area contributed by atoms with E-state index in [4.69, 9.17) is 5.73 Å². The highest BCUT2D eigenvalue weighted by atomic mass is 16.2. The first-order chi connectivity index (χ1) is 16.3. The zero-order valence-corrected chi connectivity index (χ0v) is 18.4. The predicted molar refractivity (Wildman–Crippen MR) is 125 cm³/mol. The highest BCUT2D eigenvalue weighted by Crippen LogP contribution is 2.08. The fourth-order valence-electron chi connectivity index (χ4n) is 3.00. The topological polar surface area (TPSA) is 142 Å². The van der Waals surface area contributed by atoms with Crippen LogP contribution in [0.4, 0.5) is 4.79 Å². The van der Waals surface area contributed by atoms with Gasteiger partial charge in [-0.05, 0) is 55.2 Å². The van der Waals surface area contributed by atoms with Gasteiger partial charge in [-0.25, -0.2) is 4.79 Å². The molecule has 9 heteroatoms. The number of amides is 5. The van der Waals surface area contributed by atoms with Crippen molar-refractivity contribution in [3.63, 3.8) is 0 Å². The number of nitrogens with one attached hydrogen (secondary N) is 4. The molecule has 3 rings (SSSR count). The van der Waals surface area contributed by atoms with Crippen molar-refractivity contribution < 1.29 is 19.2 Å². The summed E-state index contributed by atoms with van der Waals surface area (Å²) in [6, 6.07) is 14.3. The van der Waals surface area contributed by atoms with Crippen LogP contribution in [0.15, 0.2) is 54.6 Å². The van der Waals surface area contributed by atoms with Crippen LogP contribution in [0.2, 0.25) is 0 Å². The first kappa shape index (κ1) is 24.1. The number of carbonyl (C=O) groups excluding carboxylic acids is 4. The molecule has 9 nitrogen and oxygen atoms in total. The van der Waals surface area contributed by atoms with Gasteiger partial charge < -0.3 is 21.7 Å². The van der Waals surface area contributed by atoms with Gasteiger partial charge in [-0.1, -0.05) is 30.0 Å². The maximum Gasteiger partial charge on any atom is 0.322 e. The molecule has 6 N–H and O–H groups in total. The minimum atomic E-state index is -1.28. The number of rotatable bonds is 6. The van der Waals surface area contributed by atoms with Crippen LogP contribution in [0.1, 0.15) is 28.4 Å². The van der Waals surface area contributed by atoms with Crippen LogP contribution in [0, 0.1) is 23.7 Å². The molecular weight excluding hydrogens is 434 g/mol. The normalized spacial score (nSPS) is 17.1. The van der Waals surface area contributed by atoms with Gasteiger partial charge in [-0.15, -0.1) is 0 Å². The lowest BCUT2D eigenvalue weighted by Gasteiger charge is -2.23. The second-order valence-electron chi connectivity index (χ2n) is 7.66. The van der Waals surface area contributed by atoms with Gasteiger partial charge in [0.1, 0.15) is 11.6 Å². The average Bonchev–Trinajstić information content (AvgIpc) is 3.10. The SMILES string of the molecule is CC1(CNC(=O)[C@H](CN)NC(=O)c2ccc(C#CC#Cc3ccccc3)cc2)NC(=O)NC1=O. The second kappa shape index (κ2) is 10.8. The zero-order chi connectivity index (χ0) is 24.6. The predicted octanol–water partition coefficient (Wildman–Crippen LogP) is -0.139. The lowest BCUT2D eigenvalue weighted by molar-refractivity contribution is -0.125. The van der Waals surface area contributed by atoms with E-state index in [1.165, 1.54) is 6.92 Å². The van der Waals surface area contributed by atoms with Crippen LogP contribution in [0.25, 0.3) is 0 Å². The van der Waals surface area contributed by atoms with Crippen molar-refractivity contribution in [1.82, 2.24) is 21.3 Å². The molecule has 1 aliphatic heterocycles. The summed E-state index contributed by atoms with van der Waals surface area (Å²) in [4.78, 5) is 48.1. The Kier molecular flexibility index (Phi) is 7.65. The number of benzene rings is 2. The molecule has 0 bridgehead atoms. The Balaban J connectivity index is 1.55. The van der Waals surface area contributed by atoms with Crippen molar-refractivity contribution in [2.24, 2.45) is 5.73 Å². The molecule has 172 valence electrons. The molecule has 0 radical (unpaired) electrons. The first-order valence-electron chi connectivity index (χ1n) is 10.4. The van der Waals surface area contributed by atoms with Crippen molar-refractivity contribution in [3.05, 3.63) is 71.3 Å². The number of nitrogens with two attached hydrogens (primary N) is 1. The van der Waals surface area contributed by atoms with Crippen molar-refractivity contribution in [2.45, 2.75) is 18.5 Å². The number of hydrogen-bond donors (Lipinski definition) is 5. The van der Waals surface area contributed by atoms with E-state index in [9.17, 15) is 19.2 Å². The Morgan fingerprint density at radius 2 is 1.62 bits per heavy atom. The molecule has 0 aliphatic carbocycles. The monoisotopic (exact) mass is 457 g/mol. The van der Waals surface area contributed by atoms with E-state index in [0.717, 1.165) is 5.56 Å². The molecule has 0 aromatic heterocycles. The number of hydrogen-bond acceptors (Lipinski definition) is 5. The molecule has 34 heavy (non-hydrogen) atoms. The summed E-state index contributed by atoms with van der Waals surface area (Å²) in [6.45, 7) is 1.16. The minimum absolute atomic E-state index is 0.156. The molecule has 1 heterocycles. The summed E-state index contributed by atoms with van der Waals surface area (Å²) < 4.78 is 0. The fraction of sp³-hybridized carbons (Fsp3) is 0.200. The highest BCUT2D eigenvalue weighted by molar-refractivity contribution is 6.07. The van der Waals surface area contributed by atoms with Crippen molar-refractivity contribution >= 4 is 23.8 Å². The lowest BCUT2D eigenvalue weighted by atomic mass is 10.0. The zero-order valence-electron chi connectivity index (χ0n) is 18.4. The van der Waals surface area contributed by atoms with E-state index >= 15 is 0 Å². The molecule has 2 aromatic carbocycles. The Morgan fingerprint density at radius 3 is 2.18 bits per heavy atom. The van der Waals surface area contributed by atoms with Crippen LogP contribution in [0.3, 0.4) is 0 Å². The Labute approximate surface area is 196 Å². The van der Waals surface area contributed by atoms with Gasteiger partial charge in [0.2, 0.25) is 5.91 Å². The first-order valence-corrected chi connectivity index (χ1v) is 10.4.